The van der Waals surface area contributed by atoms with Gasteiger partial charge in [-0.05, 0) is 42.5 Å². The van der Waals surface area contributed by atoms with Crippen LogP contribution < -0.4 is 10.6 Å². The number of halogens is 3. The van der Waals surface area contributed by atoms with E-state index in [1.165, 1.54) is 12.1 Å². The zero-order chi connectivity index (χ0) is 14.5. The van der Waals surface area contributed by atoms with Crippen LogP contribution in [0.2, 0.25) is 5.02 Å². The van der Waals surface area contributed by atoms with Crippen LogP contribution in [0, 0.1) is 5.82 Å². The average Bonchev–Trinajstić information content (AvgIpc) is 2.38. The molecule has 2 rings (SSSR count). The first-order valence-electron chi connectivity index (χ1n) is 5.78. The van der Waals surface area contributed by atoms with Gasteiger partial charge in [0.05, 0.1) is 6.54 Å². The van der Waals surface area contributed by atoms with Crippen molar-refractivity contribution >= 4 is 44.8 Å². The Kier molecular flexibility index (Phi) is 4.98. The third kappa shape index (κ3) is 4.51. The van der Waals surface area contributed by atoms with Crippen molar-refractivity contribution in [2.75, 3.05) is 17.2 Å². The largest absolute Gasteiger partial charge is 0.376 e. The van der Waals surface area contributed by atoms with Crippen molar-refractivity contribution in [3.8, 4) is 0 Å². The van der Waals surface area contributed by atoms with E-state index in [-0.39, 0.29) is 17.5 Å². The number of nitrogens with one attached hydrogen (secondary N) is 2. The maximum atomic E-state index is 13.1. The zero-order valence-corrected chi connectivity index (χ0v) is 12.6. The van der Waals surface area contributed by atoms with Gasteiger partial charge in [0.25, 0.3) is 0 Å². The van der Waals surface area contributed by atoms with E-state index in [4.69, 9.17) is 11.6 Å². The number of carbonyl (C=O) groups excluding carboxylic acids is 1. The summed E-state index contributed by atoms with van der Waals surface area (Å²) in [5, 5.41) is 5.81. The van der Waals surface area contributed by atoms with Gasteiger partial charge in [-0.15, -0.1) is 0 Å². The molecule has 0 spiro atoms. The first-order chi connectivity index (χ1) is 9.52. The van der Waals surface area contributed by atoms with Crippen molar-refractivity contribution in [2.45, 2.75) is 0 Å². The second-order valence-corrected chi connectivity index (χ2v) is 5.42. The lowest BCUT2D eigenvalue weighted by Crippen LogP contribution is -2.21. The van der Waals surface area contributed by atoms with Crippen molar-refractivity contribution in [3.63, 3.8) is 0 Å². The van der Waals surface area contributed by atoms with Gasteiger partial charge < -0.3 is 10.6 Å². The number of amides is 1. The fraction of sp³-hybridized carbons (Fsp3) is 0.0714. The van der Waals surface area contributed by atoms with Gasteiger partial charge in [-0.3, -0.25) is 4.79 Å². The van der Waals surface area contributed by atoms with Gasteiger partial charge in [-0.25, -0.2) is 4.39 Å². The Hall–Kier alpha value is -1.59. The topological polar surface area (TPSA) is 41.1 Å². The van der Waals surface area contributed by atoms with Crippen molar-refractivity contribution in [1.82, 2.24) is 0 Å². The molecule has 2 aromatic rings. The van der Waals surface area contributed by atoms with E-state index in [1.54, 1.807) is 18.2 Å². The molecule has 2 aromatic carbocycles. The molecule has 0 aliphatic rings. The Bertz CT molecular complexity index is 599. The maximum absolute atomic E-state index is 13.1. The Morgan fingerprint density at radius 1 is 1.15 bits per heavy atom. The highest BCUT2D eigenvalue weighted by Crippen LogP contribution is 2.18. The molecule has 0 saturated carbocycles. The van der Waals surface area contributed by atoms with E-state index in [9.17, 15) is 9.18 Å². The summed E-state index contributed by atoms with van der Waals surface area (Å²) in [5.41, 5.74) is 1.15. The van der Waals surface area contributed by atoms with Crippen LogP contribution in [-0.4, -0.2) is 12.5 Å². The molecule has 0 aliphatic carbocycles. The average molecular weight is 358 g/mol. The molecular weight excluding hydrogens is 347 g/mol. The molecule has 0 bridgehead atoms. The Morgan fingerprint density at radius 3 is 2.50 bits per heavy atom. The first-order valence-corrected chi connectivity index (χ1v) is 6.95. The predicted octanol–water partition coefficient (Wildman–Crippen LogP) is 4.29. The van der Waals surface area contributed by atoms with Gasteiger partial charge in [0, 0.05) is 20.9 Å². The zero-order valence-electron chi connectivity index (χ0n) is 10.3. The Morgan fingerprint density at radius 2 is 1.85 bits per heavy atom. The Balaban J connectivity index is 1.90. The van der Waals surface area contributed by atoms with Gasteiger partial charge in [0.1, 0.15) is 5.82 Å². The molecule has 104 valence electrons. The van der Waals surface area contributed by atoms with E-state index in [0.717, 1.165) is 4.47 Å². The summed E-state index contributed by atoms with van der Waals surface area (Å²) in [6.07, 6.45) is 0. The smallest absolute Gasteiger partial charge is 0.243 e. The quantitative estimate of drug-likeness (QED) is 0.857. The summed E-state index contributed by atoms with van der Waals surface area (Å²) in [6, 6.07) is 11.2. The molecule has 0 fully saturated rings. The fourth-order valence-corrected chi connectivity index (χ4v) is 2.06. The summed E-state index contributed by atoms with van der Waals surface area (Å²) in [7, 11) is 0. The van der Waals surface area contributed by atoms with Crippen LogP contribution >= 0.6 is 27.5 Å². The van der Waals surface area contributed by atoms with E-state index in [2.05, 4.69) is 26.6 Å². The molecule has 6 heteroatoms. The molecule has 1 amide bonds. The lowest BCUT2D eigenvalue weighted by Gasteiger charge is -2.08. The number of rotatable bonds is 4. The van der Waals surface area contributed by atoms with Gasteiger partial charge in [-0.2, -0.15) is 0 Å². The summed E-state index contributed by atoms with van der Waals surface area (Å²) in [5.74, 6) is -0.680. The third-order valence-electron chi connectivity index (χ3n) is 2.44. The summed E-state index contributed by atoms with van der Waals surface area (Å²) in [6.45, 7) is 0.0237. The van der Waals surface area contributed by atoms with Gasteiger partial charge >= 0.3 is 0 Å². The van der Waals surface area contributed by atoms with Crippen LogP contribution in [0.1, 0.15) is 0 Å². The SMILES string of the molecule is O=C(CNc1cc(F)cc(Cl)c1)Nc1ccc(Br)cc1. The minimum absolute atomic E-state index is 0.0237. The highest BCUT2D eigenvalue weighted by Gasteiger charge is 2.04. The maximum Gasteiger partial charge on any atom is 0.243 e. The fourth-order valence-electron chi connectivity index (χ4n) is 1.58. The predicted molar refractivity (Wildman–Crippen MR) is 82.7 cm³/mol. The first kappa shape index (κ1) is 14.8. The van der Waals surface area contributed by atoms with Crippen molar-refractivity contribution < 1.29 is 9.18 Å². The number of benzene rings is 2. The summed E-state index contributed by atoms with van der Waals surface area (Å²) >= 11 is 9.04. The second-order valence-electron chi connectivity index (χ2n) is 4.07. The molecule has 3 nitrogen and oxygen atoms in total. The normalized spacial score (nSPS) is 10.2. The second kappa shape index (κ2) is 6.72. The molecule has 0 atom stereocenters. The lowest BCUT2D eigenvalue weighted by molar-refractivity contribution is -0.114. The van der Waals surface area contributed by atoms with Crippen molar-refractivity contribution in [2.24, 2.45) is 0 Å². The molecule has 0 radical (unpaired) electrons. The summed E-state index contributed by atoms with van der Waals surface area (Å²) in [4.78, 5) is 11.7. The number of hydrogen-bond acceptors (Lipinski definition) is 2. The third-order valence-corrected chi connectivity index (χ3v) is 3.19. The van der Waals surface area contributed by atoms with Crippen LogP contribution in [0.3, 0.4) is 0 Å². The molecule has 0 unspecified atom stereocenters. The number of hydrogen-bond donors (Lipinski definition) is 2. The molecule has 0 aromatic heterocycles. The summed E-state index contributed by atoms with van der Waals surface area (Å²) < 4.78 is 14.0. The molecule has 0 heterocycles. The molecular formula is C14H11BrClFN2O. The van der Waals surface area contributed by atoms with Crippen molar-refractivity contribution in [1.29, 1.82) is 0 Å². The minimum atomic E-state index is -0.451. The van der Waals surface area contributed by atoms with E-state index in [1.807, 2.05) is 12.1 Å². The van der Waals surface area contributed by atoms with Gasteiger partial charge in [-0.1, -0.05) is 27.5 Å². The van der Waals surface area contributed by atoms with Gasteiger partial charge in [0.2, 0.25) is 5.91 Å². The molecule has 2 N–H and O–H groups in total. The Labute approximate surface area is 129 Å². The monoisotopic (exact) mass is 356 g/mol. The van der Waals surface area contributed by atoms with E-state index in [0.29, 0.717) is 11.4 Å². The standard InChI is InChI=1S/C14H11BrClFN2O/c15-9-1-3-12(4-2-9)19-14(20)8-18-13-6-10(16)5-11(17)7-13/h1-7,18H,8H2,(H,19,20). The van der Waals surface area contributed by atoms with E-state index >= 15 is 0 Å². The number of anilines is 2. The van der Waals surface area contributed by atoms with Crippen LogP contribution in [-0.2, 0) is 4.79 Å². The lowest BCUT2D eigenvalue weighted by atomic mass is 10.3. The van der Waals surface area contributed by atoms with Crippen LogP contribution in [0.15, 0.2) is 46.9 Å². The van der Waals surface area contributed by atoms with Crippen LogP contribution in [0.25, 0.3) is 0 Å². The minimum Gasteiger partial charge on any atom is -0.376 e. The van der Waals surface area contributed by atoms with E-state index < -0.39 is 5.82 Å². The van der Waals surface area contributed by atoms with Crippen LogP contribution in [0.5, 0.6) is 0 Å². The molecule has 0 aliphatic heterocycles. The van der Waals surface area contributed by atoms with Gasteiger partial charge in [0.15, 0.2) is 0 Å². The number of carbonyl (C=O) groups is 1. The highest BCUT2D eigenvalue weighted by atomic mass is 79.9. The molecule has 20 heavy (non-hydrogen) atoms. The van der Waals surface area contributed by atoms with Crippen molar-refractivity contribution in [3.05, 3.63) is 57.8 Å². The highest BCUT2D eigenvalue weighted by molar-refractivity contribution is 9.10. The molecule has 0 saturated heterocycles. The van der Waals surface area contributed by atoms with Crippen LogP contribution in [0.4, 0.5) is 15.8 Å².